The number of nitrogens with zero attached hydrogens (tertiary/aromatic N) is 1. The summed E-state index contributed by atoms with van der Waals surface area (Å²) in [6.45, 7) is 7.02. The first kappa shape index (κ1) is 17.4. The first-order chi connectivity index (χ1) is 10.3. The second-order valence-corrected chi connectivity index (χ2v) is 5.25. The van der Waals surface area contributed by atoms with Crippen molar-refractivity contribution in [1.82, 2.24) is 5.32 Å². The molecule has 1 atom stereocenters. The van der Waals surface area contributed by atoms with E-state index in [0.29, 0.717) is 11.3 Å². The van der Waals surface area contributed by atoms with Crippen LogP contribution in [0, 0.1) is 5.92 Å². The standard InChI is InChI=1S/C16H21N3O3/c1-5-13(20)19(4)12-8-6-11(7-9-12)16(22)18-14(10(2)3)15(17)21/h5-10,14H,1H2,2-4H3,(H2,17,21)(H,18,22)/t14-/m0/s1. The van der Waals surface area contributed by atoms with Crippen molar-refractivity contribution in [2.75, 3.05) is 11.9 Å². The molecule has 118 valence electrons. The van der Waals surface area contributed by atoms with Gasteiger partial charge in [0.2, 0.25) is 11.8 Å². The van der Waals surface area contributed by atoms with Gasteiger partial charge in [0.25, 0.3) is 5.91 Å². The monoisotopic (exact) mass is 303 g/mol. The molecule has 0 aliphatic heterocycles. The van der Waals surface area contributed by atoms with Gasteiger partial charge in [-0.05, 0) is 36.3 Å². The second kappa shape index (κ2) is 7.40. The molecule has 0 aliphatic rings. The SMILES string of the molecule is C=CC(=O)N(C)c1ccc(C(=O)N[C@H](C(N)=O)C(C)C)cc1. The third-order valence-corrected chi connectivity index (χ3v) is 3.28. The minimum absolute atomic E-state index is 0.0999. The summed E-state index contributed by atoms with van der Waals surface area (Å²) in [7, 11) is 1.61. The number of hydrogen-bond donors (Lipinski definition) is 2. The number of rotatable bonds is 6. The molecule has 0 saturated heterocycles. The number of hydrogen-bond acceptors (Lipinski definition) is 3. The molecule has 0 radical (unpaired) electrons. The number of benzene rings is 1. The van der Waals surface area contributed by atoms with Crippen LogP contribution in [0.1, 0.15) is 24.2 Å². The van der Waals surface area contributed by atoms with Crippen LogP contribution < -0.4 is 16.0 Å². The molecule has 0 aromatic heterocycles. The van der Waals surface area contributed by atoms with E-state index in [4.69, 9.17) is 5.73 Å². The zero-order chi connectivity index (χ0) is 16.9. The summed E-state index contributed by atoms with van der Waals surface area (Å²) in [5.74, 6) is -1.30. The van der Waals surface area contributed by atoms with Crippen LogP contribution in [0.25, 0.3) is 0 Å². The Kier molecular flexibility index (Phi) is 5.86. The molecule has 6 heteroatoms. The van der Waals surface area contributed by atoms with Gasteiger partial charge in [0, 0.05) is 18.3 Å². The highest BCUT2D eigenvalue weighted by Crippen LogP contribution is 2.14. The van der Waals surface area contributed by atoms with Crippen molar-refractivity contribution >= 4 is 23.4 Å². The Labute approximate surface area is 130 Å². The number of primary amides is 1. The fourth-order valence-electron chi connectivity index (χ4n) is 1.89. The number of carbonyl (C=O) groups excluding carboxylic acids is 3. The molecule has 1 aromatic carbocycles. The van der Waals surface area contributed by atoms with Crippen molar-refractivity contribution in [2.24, 2.45) is 11.7 Å². The third-order valence-electron chi connectivity index (χ3n) is 3.28. The molecule has 3 amide bonds. The average Bonchev–Trinajstić information content (AvgIpc) is 2.50. The number of likely N-dealkylation sites (N-methyl/N-ethyl adjacent to an activating group) is 1. The number of carbonyl (C=O) groups is 3. The highest BCUT2D eigenvalue weighted by atomic mass is 16.2. The summed E-state index contributed by atoms with van der Waals surface area (Å²) in [4.78, 5) is 36.3. The van der Waals surface area contributed by atoms with Crippen LogP contribution in [-0.4, -0.2) is 30.8 Å². The van der Waals surface area contributed by atoms with E-state index in [1.54, 1.807) is 45.2 Å². The topological polar surface area (TPSA) is 92.5 Å². The lowest BCUT2D eigenvalue weighted by Crippen LogP contribution is -2.47. The second-order valence-electron chi connectivity index (χ2n) is 5.25. The maximum absolute atomic E-state index is 12.1. The fraction of sp³-hybridized carbons (Fsp3) is 0.312. The number of anilines is 1. The maximum Gasteiger partial charge on any atom is 0.251 e. The first-order valence-electron chi connectivity index (χ1n) is 6.88. The van der Waals surface area contributed by atoms with E-state index in [1.165, 1.54) is 11.0 Å². The molecule has 22 heavy (non-hydrogen) atoms. The van der Waals surface area contributed by atoms with Gasteiger partial charge in [0.05, 0.1) is 0 Å². The highest BCUT2D eigenvalue weighted by molar-refractivity contribution is 6.01. The van der Waals surface area contributed by atoms with Crippen LogP contribution in [0.3, 0.4) is 0 Å². The summed E-state index contributed by atoms with van der Waals surface area (Å²) in [6, 6.07) is 5.72. The summed E-state index contributed by atoms with van der Waals surface area (Å²) >= 11 is 0. The third kappa shape index (κ3) is 4.18. The van der Waals surface area contributed by atoms with Crippen LogP contribution >= 0.6 is 0 Å². The van der Waals surface area contributed by atoms with E-state index in [-0.39, 0.29) is 17.7 Å². The fourth-order valence-corrected chi connectivity index (χ4v) is 1.89. The Morgan fingerprint density at radius 2 is 1.77 bits per heavy atom. The summed E-state index contributed by atoms with van der Waals surface area (Å²) in [5, 5.41) is 2.60. The molecule has 6 nitrogen and oxygen atoms in total. The van der Waals surface area contributed by atoms with Gasteiger partial charge in [0.15, 0.2) is 0 Å². The molecular formula is C16H21N3O3. The molecule has 0 saturated carbocycles. The molecule has 0 aliphatic carbocycles. The minimum atomic E-state index is -0.725. The van der Waals surface area contributed by atoms with Crippen molar-refractivity contribution in [1.29, 1.82) is 0 Å². The van der Waals surface area contributed by atoms with Crippen LogP contribution in [0.2, 0.25) is 0 Å². The van der Waals surface area contributed by atoms with Gasteiger partial charge in [-0.25, -0.2) is 0 Å². The lowest BCUT2D eigenvalue weighted by atomic mass is 10.0. The van der Waals surface area contributed by atoms with Crippen molar-refractivity contribution < 1.29 is 14.4 Å². The van der Waals surface area contributed by atoms with E-state index in [9.17, 15) is 14.4 Å². The molecular weight excluding hydrogens is 282 g/mol. The Bertz CT molecular complexity index is 579. The Morgan fingerprint density at radius 1 is 1.23 bits per heavy atom. The summed E-state index contributed by atoms with van der Waals surface area (Å²) in [6.07, 6.45) is 1.21. The molecule has 0 unspecified atom stereocenters. The normalized spacial score (nSPS) is 11.6. The molecule has 0 heterocycles. The first-order valence-corrected chi connectivity index (χ1v) is 6.88. The van der Waals surface area contributed by atoms with Gasteiger partial charge in [0.1, 0.15) is 6.04 Å². The quantitative estimate of drug-likeness (QED) is 0.770. The summed E-state index contributed by atoms with van der Waals surface area (Å²) in [5.41, 5.74) is 6.29. The number of nitrogens with two attached hydrogens (primary N) is 1. The molecule has 1 rings (SSSR count). The molecule has 0 fully saturated rings. The van der Waals surface area contributed by atoms with Gasteiger partial charge in [-0.3, -0.25) is 14.4 Å². The smallest absolute Gasteiger partial charge is 0.251 e. The van der Waals surface area contributed by atoms with Crippen LogP contribution in [-0.2, 0) is 9.59 Å². The predicted octanol–water partition coefficient (Wildman–Crippen LogP) is 1.08. The van der Waals surface area contributed by atoms with Crippen molar-refractivity contribution in [3.63, 3.8) is 0 Å². The van der Waals surface area contributed by atoms with Gasteiger partial charge in [-0.1, -0.05) is 20.4 Å². The zero-order valence-electron chi connectivity index (χ0n) is 13.0. The summed E-state index contributed by atoms with van der Waals surface area (Å²) < 4.78 is 0. The lowest BCUT2D eigenvalue weighted by molar-refractivity contribution is -0.120. The van der Waals surface area contributed by atoms with E-state index in [2.05, 4.69) is 11.9 Å². The maximum atomic E-state index is 12.1. The minimum Gasteiger partial charge on any atom is -0.368 e. The lowest BCUT2D eigenvalue weighted by Gasteiger charge is -2.19. The van der Waals surface area contributed by atoms with E-state index in [1.807, 2.05) is 0 Å². The van der Waals surface area contributed by atoms with E-state index in [0.717, 1.165) is 0 Å². The van der Waals surface area contributed by atoms with E-state index < -0.39 is 11.9 Å². The van der Waals surface area contributed by atoms with Crippen LogP contribution in [0.15, 0.2) is 36.9 Å². The molecule has 3 N–H and O–H groups in total. The number of amides is 3. The Balaban J connectivity index is 2.86. The van der Waals surface area contributed by atoms with Crippen molar-refractivity contribution in [2.45, 2.75) is 19.9 Å². The molecule has 0 spiro atoms. The van der Waals surface area contributed by atoms with Crippen molar-refractivity contribution in [3.8, 4) is 0 Å². The van der Waals surface area contributed by atoms with Gasteiger partial charge >= 0.3 is 0 Å². The Hall–Kier alpha value is -2.63. The molecule has 1 aromatic rings. The van der Waals surface area contributed by atoms with Gasteiger partial charge in [-0.15, -0.1) is 0 Å². The predicted molar refractivity (Wildman–Crippen MR) is 85.3 cm³/mol. The zero-order valence-corrected chi connectivity index (χ0v) is 13.0. The Morgan fingerprint density at radius 3 is 2.18 bits per heavy atom. The largest absolute Gasteiger partial charge is 0.368 e. The van der Waals surface area contributed by atoms with Gasteiger partial charge in [-0.2, -0.15) is 0 Å². The molecule has 0 bridgehead atoms. The average molecular weight is 303 g/mol. The van der Waals surface area contributed by atoms with Crippen molar-refractivity contribution in [3.05, 3.63) is 42.5 Å². The highest BCUT2D eigenvalue weighted by Gasteiger charge is 2.22. The van der Waals surface area contributed by atoms with E-state index >= 15 is 0 Å². The van der Waals surface area contributed by atoms with Crippen LogP contribution in [0.4, 0.5) is 5.69 Å². The van der Waals surface area contributed by atoms with Gasteiger partial charge < -0.3 is 16.0 Å². The number of nitrogens with one attached hydrogen (secondary N) is 1. The van der Waals surface area contributed by atoms with Crippen LogP contribution in [0.5, 0.6) is 0 Å².